The fourth-order valence-electron chi connectivity index (χ4n) is 3.66. The first kappa shape index (κ1) is 23.3. The maximum Gasteiger partial charge on any atom is 0.368 e. The summed E-state index contributed by atoms with van der Waals surface area (Å²) in [6.07, 6.45) is 4.12. The smallest absolute Gasteiger partial charge is 0.368 e. The van der Waals surface area contributed by atoms with E-state index in [1.165, 1.54) is 0 Å². The average Bonchev–Trinajstić information content (AvgIpc) is 3.19. The lowest BCUT2D eigenvalue weighted by atomic mass is 9.99. The molecule has 4 rings (SSSR count). The van der Waals surface area contributed by atoms with Gasteiger partial charge in [0, 0.05) is 16.1 Å². The lowest BCUT2D eigenvalue weighted by Gasteiger charge is -2.17. The number of hydrogen-bond donors (Lipinski definition) is 0. The number of carbonyl (C=O) groups is 1. The van der Waals surface area contributed by atoms with Crippen LogP contribution in [0.2, 0.25) is 5.02 Å². The molecule has 0 atom stereocenters. The molecule has 172 valence electrons. The number of hydrogen-bond acceptors (Lipinski definition) is 5. The van der Waals surface area contributed by atoms with E-state index < -0.39 is 5.97 Å². The largest absolute Gasteiger partial charge is 0.490 e. The number of ether oxygens (including phenoxy) is 2. The number of rotatable bonds is 9. The van der Waals surface area contributed by atoms with E-state index in [0.717, 1.165) is 22.3 Å². The Morgan fingerprint density at radius 2 is 1.88 bits per heavy atom. The van der Waals surface area contributed by atoms with Gasteiger partial charge < -0.3 is 14.3 Å². The molecule has 0 saturated carbocycles. The van der Waals surface area contributed by atoms with Gasteiger partial charge in [-0.15, -0.1) is 6.58 Å². The molecule has 0 unspecified atom stereocenters. The minimum absolute atomic E-state index is 0.336. The van der Waals surface area contributed by atoms with E-state index in [1.54, 1.807) is 12.2 Å². The van der Waals surface area contributed by atoms with Gasteiger partial charge in [-0.1, -0.05) is 65.3 Å². The highest BCUT2D eigenvalue weighted by molar-refractivity contribution is 6.31. The highest BCUT2D eigenvalue weighted by Crippen LogP contribution is 2.36. The van der Waals surface area contributed by atoms with E-state index in [0.29, 0.717) is 47.4 Å². The lowest BCUT2D eigenvalue weighted by Crippen LogP contribution is -2.07. The maximum absolute atomic E-state index is 12.4. The van der Waals surface area contributed by atoms with Crippen LogP contribution in [-0.2, 0) is 22.7 Å². The summed E-state index contributed by atoms with van der Waals surface area (Å²) in [5.74, 6) is 0.721. The van der Waals surface area contributed by atoms with Crippen LogP contribution in [-0.4, -0.2) is 18.3 Å². The average molecular weight is 474 g/mol. The number of allylic oxidation sites excluding steroid dienone is 1. The Balaban J connectivity index is 1.71. The van der Waals surface area contributed by atoms with Crippen LogP contribution in [0, 0.1) is 0 Å². The van der Waals surface area contributed by atoms with Gasteiger partial charge in [0.2, 0.25) is 0 Å². The van der Waals surface area contributed by atoms with Crippen molar-refractivity contribution in [3.8, 4) is 11.5 Å². The summed E-state index contributed by atoms with van der Waals surface area (Å²) in [5, 5.41) is 4.64. The molecule has 5 nitrogen and oxygen atoms in total. The summed E-state index contributed by atoms with van der Waals surface area (Å²) in [7, 11) is 0. The molecule has 1 aliphatic heterocycles. The predicted molar refractivity (Wildman–Crippen MR) is 134 cm³/mol. The van der Waals surface area contributed by atoms with Crippen LogP contribution in [0.3, 0.4) is 0 Å². The molecule has 0 bridgehead atoms. The van der Waals surface area contributed by atoms with Crippen LogP contribution in [0.5, 0.6) is 11.5 Å². The van der Waals surface area contributed by atoms with Gasteiger partial charge in [0.25, 0.3) is 0 Å². The van der Waals surface area contributed by atoms with Crippen LogP contribution in [0.4, 0.5) is 0 Å². The van der Waals surface area contributed by atoms with E-state index in [2.05, 4.69) is 11.7 Å². The predicted octanol–water partition coefficient (Wildman–Crippen LogP) is 6.39. The number of oxime groups is 1. The summed E-state index contributed by atoms with van der Waals surface area (Å²) < 4.78 is 12.1. The molecule has 3 aromatic carbocycles. The van der Waals surface area contributed by atoms with E-state index in [4.69, 9.17) is 25.9 Å². The third-order valence-electron chi connectivity index (χ3n) is 5.14. The summed E-state index contributed by atoms with van der Waals surface area (Å²) >= 11 is 6.11. The first-order valence-corrected chi connectivity index (χ1v) is 11.3. The van der Waals surface area contributed by atoms with E-state index in [-0.39, 0.29) is 0 Å². The van der Waals surface area contributed by atoms with Crippen molar-refractivity contribution in [3.05, 3.63) is 112 Å². The Bertz CT molecular complexity index is 1260. The Labute approximate surface area is 203 Å². The second-order valence-electron chi connectivity index (χ2n) is 7.59. The van der Waals surface area contributed by atoms with Crippen LogP contribution in [0.25, 0.3) is 6.08 Å². The molecule has 0 amide bonds. The first-order chi connectivity index (χ1) is 16.6. The van der Waals surface area contributed by atoms with Crippen LogP contribution < -0.4 is 9.47 Å². The Hall–Kier alpha value is -3.83. The van der Waals surface area contributed by atoms with Crippen molar-refractivity contribution in [2.75, 3.05) is 6.61 Å². The third-order valence-corrected chi connectivity index (χ3v) is 5.38. The van der Waals surface area contributed by atoms with Crippen LogP contribution >= 0.6 is 11.6 Å². The van der Waals surface area contributed by atoms with Crippen molar-refractivity contribution in [1.82, 2.24) is 0 Å². The highest BCUT2D eigenvalue weighted by Gasteiger charge is 2.27. The van der Waals surface area contributed by atoms with Crippen molar-refractivity contribution < 1.29 is 19.1 Å². The quantitative estimate of drug-likeness (QED) is 0.205. The molecule has 0 aromatic heterocycles. The topological polar surface area (TPSA) is 57.1 Å². The SMILES string of the molecule is C=CCc1cc(/C=C2\C(=O)ON=C2c2ccccc2)cc(OCC)c1OCc1cccc(Cl)c1. The molecule has 1 aliphatic rings. The van der Waals surface area contributed by atoms with Crippen molar-refractivity contribution in [2.45, 2.75) is 20.0 Å². The third kappa shape index (κ3) is 5.38. The summed E-state index contributed by atoms with van der Waals surface area (Å²) in [6, 6.07) is 20.8. The second kappa shape index (κ2) is 10.9. The molecular formula is C28H24ClNO4. The number of benzene rings is 3. The second-order valence-corrected chi connectivity index (χ2v) is 8.03. The molecule has 3 aromatic rings. The molecule has 6 heteroatoms. The summed E-state index contributed by atoms with van der Waals surface area (Å²) in [4.78, 5) is 17.4. The van der Waals surface area contributed by atoms with Gasteiger partial charge >= 0.3 is 5.97 Å². The van der Waals surface area contributed by atoms with Crippen LogP contribution in [0.15, 0.2) is 90.1 Å². The molecule has 0 N–H and O–H groups in total. The highest BCUT2D eigenvalue weighted by atomic mass is 35.5. The van der Waals surface area contributed by atoms with E-state index in [1.807, 2.05) is 73.7 Å². The molecule has 0 aliphatic carbocycles. The minimum atomic E-state index is -0.497. The van der Waals surface area contributed by atoms with E-state index >= 15 is 0 Å². The first-order valence-electron chi connectivity index (χ1n) is 10.9. The maximum atomic E-state index is 12.4. The van der Waals surface area contributed by atoms with Crippen molar-refractivity contribution in [3.63, 3.8) is 0 Å². The Morgan fingerprint density at radius 1 is 1.06 bits per heavy atom. The molecule has 34 heavy (non-hydrogen) atoms. The standard InChI is InChI=1S/C28H24ClNO4/c1-3-9-22-14-20(16-24-26(30-34-28(24)31)21-11-6-5-7-12-21)17-25(32-4-2)27(22)33-18-19-10-8-13-23(29)15-19/h3,5-8,10-17H,1,4,9,18H2,2H3/b24-16-. The van der Waals surface area contributed by atoms with Gasteiger partial charge in [-0.25, -0.2) is 4.79 Å². The van der Waals surface area contributed by atoms with Gasteiger partial charge in [-0.3, -0.25) is 0 Å². The van der Waals surface area contributed by atoms with Gasteiger partial charge in [0.15, 0.2) is 11.5 Å². The fraction of sp³-hybridized carbons (Fsp3) is 0.143. The zero-order valence-corrected chi connectivity index (χ0v) is 19.5. The monoisotopic (exact) mass is 473 g/mol. The Morgan fingerprint density at radius 3 is 2.62 bits per heavy atom. The fourth-order valence-corrected chi connectivity index (χ4v) is 3.88. The number of carbonyl (C=O) groups excluding carboxylic acids is 1. The molecule has 0 radical (unpaired) electrons. The number of nitrogens with zero attached hydrogens (tertiary/aromatic N) is 1. The minimum Gasteiger partial charge on any atom is -0.490 e. The molecule has 1 heterocycles. The lowest BCUT2D eigenvalue weighted by molar-refractivity contribution is -0.136. The zero-order valence-electron chi connectivity index (χ0n) is 18.8. The Kier molecular flexibility index (Phi) is 7.45. The van der Waals surface area contributed by atoms with Crippen molar-refractivity contribution >= 4 is 29.4 Å². The summed E-state index contributed by atoms with van der Waals surface area (Å²) in [6.45, 7) is 6.58. The molecule has 0 spiro atoms. The number of halogens is 1. The van der Waals surface area contributed by atoms with Gasteiger partial charge in [-0.2, -0.15) is 0 Å². The van der Waals surface area contributed by atoms with Crippen molar-refractivity contribution in [2.24, 2.45) is 5.16 Å². The summed E-state index contributed by atoms with van der Waals surface area (Å²) in [5.41, 5.74) is 4.29. The van der Waals surface area contributed by atoms with Gasteiger partial charge in [0.1, 0.15) is 12.3 Å². The molecule has 0 fully saturated rings. The van der Waals surface area contributed by atoms with E-state index in [9.17, 15) is 4.79 Å². The van der Waals surface area contributed by atoms with Gasteiger partial charge in [0.05, 0.1) is 12.2 Å². The zero-order chi connectivity index (χ0) is 23.9. The van der Waals surface area contributed by atoms with Gasteiger partial charge in [-0.05, 0) is 54.8 Å². The normalized spacial score (nSPS) is 14.0. The molecule has 0 saturated heterocycles. The van der Waals surface area contributed by atoms with Crippen LogP contribution in [0.1, 0.15) is 29.2 Å². The van der Waals surface area contributed by atoms with Crippen molar-refractivity contribution in [1.29, 1.82) is 0 Å². The molecular weight excluding hydrogens is 450 g/mol.